The summed E-state index contributed by atoms with van der Waals surface area (Å²) >= 11 is 3.40. The summed E-state index contributed by atoms with van der Waals surface area (Å²) in [5.74, 6) is -0.195. The van der Waals surface area contributed by atoms with Crippen molar-refractivity contribution in [3.63, 3.8) is 0 Å². The van der Waals surface area contributed by atoms with Gasteiger partial charge in [-0.2, -0.15) is 0 Å². The molecule has 5 nitrogen and oxygen atoms in total. The number of hydrogen-bond donors (Lipinski definition) is 1. The minimum Gasteiger partial charge on any atom is -0.458 e. The molecule has 0 radical (unpaired) electrons. The average molecular weight is 454 g/mol. The number of ketones is 1. The third kappa shape index (κ3) is 3.54. The molecule has 0 saturated heterocycles. The molecule has 0 fully saturated rings. The molecule has 0 bridgehead atoms. The summed E-state index contributed by atoms with van der Waals surface area (Å²) in [5.41, 5.74) is 1.14. The van der Waals surface area contributed by atoms with E-state index in [0.29, 0.717) is 23.6 Å². The molecule has 1 atom stereocenters. The van der Waals surface area contributed by atoms with Crippen LogP contribution in [0.4, 0.5) is 5.69 Å². The number of carbonyl (C=O) groups excluding carboxylic acids is 2. The summed E-state index contributed by atoms with van der Waals surface area (Å²) in [4.78, 5) is 27.6. The molecule has 0 aliphatic carbocycles. The van der Waals surface area contributed by atoms with Crippen LogP contribution < -0.4 is 4.90 Å². The fourth-order valence-electron chi connectivity index (χ4n) is 3.63. The molecule has 29 heavy (non-hydrogen) atoms. The Morgan fingerprint density at radius 1 is 1.10 bits per heavy atom. The van der Waals surface area contributed by atoms with E-state index in [4.69, 9.17) is 4.42 Å². The second-order valence-corrected chi connectivity index (χ2v) is 8.32. The monoisotopic (exact) mass is 453 g/mol. The number of halogens is 1. The summed E-state index contributed by atoms with van der Waals surface area (Å²) in [7, 11) is 0. The van der Waals surface area contributed by atoms with Crippen molar-refractivity contribution in [1.82, 2.24) is 0 Å². The normalized spacial score (nSPS) is 18.2. The first kappa shape index (κ1) is 19.6. The van der Waals surface area contributed by atoms with Crippen LogP contribution in [0.5, 0.6) is 0 Å². The van der Waals surface area contributed by atoms with Crippen LogP contribution in [0.25, 0.3) is 0 Å². The van der Waals surface area contributed by atoms with E-state index in [1.807, 2.05) is 37.3 Å². The average Bonchev–Trinajstić information content (AvgIpc) is 3.20. The molecule has 1 amide bonds. The van der Waals surface area contributed by atoms with Crippen molar-refractivity contribution < 1.29 is 19.1 Å². The maximum Gasteiger partial charge on any atom is 0.264 e. The molecular formula is C23H20BrNO4. The molecule has 1 aliphatic rings. The van der Waals surface area contributed by atoms with E-state index in [-0.39, 0.29) is 12.2 Å². The Morgan fingerprint density at radius 3 is 2.48 bits per heavy atom. The van der Waals surface area contributed by atoms with Crippen molar-refractivity contribution in [2.24, 2.45) is 0 Å². The largest absolute Gasteiger partial charge is 0.458 e. The number of fused-ring (bicyclic) bond motifs is 1. The number of furan rings is 1. The zero-order valence-electron chi connectivity index (χ0n) is 16.1. The summed E-state index contributed by atoms with van der Waals surface area (Å²) in [6.07, 6.45) is -0.382. The van der Waals surface area contributed by atoms with Gasteiger partial charge in [-0.05, 0) is 49.7 Å². The number of rotatable bonds is 5. The minimum absolute atomic E-state index is 0.136. The summed E-state index contributed by atoms with van der Waals surface area (Å²) in [6.45, 7) is 4.05. The van der Waals surface area contributed by atoms with Gasteiger partial charge in [0.2, 0.25) is 5.78 Å². The van der Waals surface area contributed by atoms with Gasteiger partial charge in [-0.1, -0.05) is 45.8 Å². The van der Waals surface area contributed by atoms with Crippen molar-refractivity contribution in [3.05, 3.63) is 87.3 Å². The van der Waals surface area contributed by atoms with Crippen LogP contribution in [-0.2, 0) is 16.9 Å². The number of benzene rings is 2. The predicted octanol–water partition coefficient (Wildman–Crippen LogP) is 4.67. The lowest BCUT2D eigenvalue weighted by Crippen LogP contribution is -2.41. The van der Waals surface area contributed by atoms with E-state index < -0.39 is 17.3 Å². The van der Waals surface area contributed by atoms with Gasteiger partial charge in [-0.25, -0.2) is 0 Å². The quantitative estimate of drug-likeness (QED) is 0.569. The van der Waals surface area contributed by atoms with E-state index in [1.54, 1.807) is 31.2 Å². The smallest absolute Gasteiger partial charge is 0.264 e. The lowest BCUT2D eigenvalue weighted by atomic mass is 9.89. The standard InChI is InChI=1S/C23H20BrNO4/c1-14-3-6-16(7-4-14)13-25-19-9-8-17(24)11-18(19)23(28,22(25)27)12-20(26)21-10-5-15(2)29-21/h3-11,28H,12-13H2,1-2H3/t23-/m0/s1. The Kier molecular flexibility index (Phi) is 4.92. The van der Waals surface area contributed by atoms with Crippen LogP contribution in [0, 0.1) is 13.8 Å². The van der Waals surface area contributed by atoms with E-state index in [9.17, 15) is 14.7 Å². The van der Waals surface area contributed by atoms with E-state index in [1.165, 1.54) is 4.90 Å². The third-order valence-corrected chi connectivity index (χ3v) is 5.68. The van der Waals surface area contributed by atoms with Crippen molar-refractivity contribution >= 4 is 33.3 Å². The highest BCUT2D eigenvalue weighted by atomic mass is 79.9. The Morgan fingerprint density at radius 2 is 1.83 bits per heavy atom. The van der Waals surface area contributed by atoms with Crippen molar-refractivity contribution in [2.75, 3.05) is 4.90 Å². The molecular weight excluding hydrogens is 434 g/mol. The predicted molar refractivity (Wildman–Crippen MR) is 113 cm³/mol. The van der Waals surface area contributed by atoms with Gasteiger partial charge < -0.3 is 14.4 Å². The van der Waals surface area contributed by atoms with Gasteiger partial charge in [0.1, 0.15) is 5.76 Å². The molecule has 1 aliphatic heterocycles. The number of hydrogen-bond acceptors (Lipinski definition) is 4. The second kappa shape index (κ2) is 7.28. The Hall–Kier alpha value is -2.70. The molecule has 3 aromatic rings. The molecule has 1 N–H and O–H groups in total. The van der Waals surface area contributed by atoms with Gasteiger partial charge in [-0.15, -0.1) is 0 Å². The van der Waals surface area contributed by atoms with Crippen LogP contribution in [0.15, 0.2) is 63.5 Å². The summed E-state index contributed by atoms with van der Waals surface area (Å²) < 4.78 is 6.11. The van der Waals surface area contributed by atoms with Gasteiger partial charge in [0.15, 0.2) is 11.4 Å². The molecule has 0 unspecified atom stereocenters. The summed E-state index contributed by atoms with van der Waals surface area (Å²) in [6, 6.07) is 16.4. The van der Waals surface area contributed by atoms with E-state index >= 15 is 0 Å². The fourth-order valence-corrected chi connectivity index (χ4v) is 3.99. The molecule has 0 saturated carbocycles. The first-order chi connectivity index (χ1) is 13.8. The highest BCUT2D eigenvalue weighted by Gasteiger charge is 2.51. The van der Waals surface area contributed by atoms with Crippen molar-refractivity contribution in [1.29, 1.82) is 0 Å². The van der Waals surface area contributed by atoms with Gasteiger partial charge in [0, 0.05) is 10.0 Å². The van der Waals surface area contributed by atoms with Crippen LogP contribution in [0.3, 0.4) is 0 Å². The molecule has 0 spiro atoms. The van der Waals surface area contributed by atoms with Crippen LogP contribution in [0.2, 0.25) is 0 Å². The number of nitrogens with zero attached hydrogens (tertiary/aromatic N) is 1. The van der Waals surface area contributed by atoms with Crippen molar-refractivity contribution in [2.45, 2.75) is 32.4 Å². The Bertz CT molecular complexity index is 1100. The first-order valence-corrected chi connectivity index (χ1v) is 10.1. The molecule has 6 heteroatoms. The van der Waals surface area contributed by atoms with Crippen LogP contribution in [0.1, 0.15) is 39.4 Å². The highest BCUT2D eigenvalue weighted by Crippen LogP contribution is 2.44. The fraction of sp³-hybridized carbons (Fsp3) is 0.217. The molecule has 1 aromatic heterocycles. The maximum absolute atomic E-state index is 13.3. The van der Waals surface area contributed by atoms with E-state index in [2.05, 4.69) is 15.9 Å². The van der Waals surface area contributed by atoms with Crippen LogP contribution >= 0.6 is 15.9 Å². The number of Topliss-reactive ketones (excluding diaryl/α,β-unsaturated/α-hetero) is 1. The number of aryl methyl sites for hydroxylation is 2. The third-order valence-electron chi connectivity index (χ3n) is 5.19. The molecule has 4 rings (SSSR count). The zero-order chi connectivity index (χ0) is 20.8. The van der Waals surface area contributed by atoms with Gasteiger partial charge in [0.05, 0.1) is 18.7 Å². The number of amides is 1. The maximum atomic E-state index is 13.3. The summed E-state index contributed by atoms with van der Waals surface area (Å²) in [5, 5.41) is 11.4. The lowest BCUT2D eigenvalue weighted by Gasteiger charge is -2.22. The number of aliphatic hydroxyl groups is 1. The van der Waals surface area contributed by atoms with Gasteiger partial charge in [0.25, 0.3) is 5.91 Å². The lowest BCUT2D eigenvalue weighted by molar-refractivity contribution is -0.136. The molecule has 148 valence electrons. The Balaban J connectivity index is 1.71. The van der Waals surface area contributed by atoms with E-state index in [0.717, 1.165) is 15.6 Å². The minimum atomic E-state index is -1.94. The van der Waals surface area contributed by atoms with Crippen LogP contribution in [-0.4, -0.2) is 16.8 Å². The second-order valence-electron chi connectivity index (χ2n) is 7.41. The topological polar surface area (TPSA) is 70.8 Å². The first-order valence-electron chi connectivity index (χ1n) is 9.27. The van der Waals surface area contributed by atoms with Gasteiger partial charge >= 0.3 is 0 Å². The van der Waals surface area contributed by atoms with Gasteiger partial charge in [-0.3, -0.25) is 9.59 Å². The number of anilines is 1. The number of carbonyl (C=O) groups is 2. The SMILES string of the molecule is Cc1ccc(CN2C(=O)[C@](O)(CC(=O)c3ccc(C)o3)c3cc(Br)ccc32)cc1. The zero-order valence-corrected chi connectivity index (χ0v) is 17.7. The Labute approximate surface area is 177 Å². The molecule has 2 heterocycles. The molecule has 2 aromatic carbocycles. The highest BCUT2D eigenvalue weighted by molar-refractivity contribution is 9.10. The van der Waals surface area contributed by atoms with Crippen molar-refractivity contribution in [3.8, 4) is 0 Å².